The summed E-state index contributed by atoms with van der Waals surface area (Å²) in [6.07, 6.45) is 11.1. The molecule has 0 aliphatic rings. The van der Waals surface area contributed by atoms with Gasteiger partial charge in [0.15, 0.2) is 0 Å². The van der Waals surface area contributed by atoms with Gasteiger partial charge in [-0.25, -0.2) is 0 Å². The van der Waals surface area contributed by atoms with E-state index in [9.17, 15) is 0 Å². The first-order valence-electron chi connectivity index (χ1n) is 8.24. The molecule has 0 unspecified atom stereocenters. The minimum Gasteiger partial charge on any atom is -0.324 e. The molecule has 0 atom stereocenters. The van der Waals surface area contributed by atoms with Crippen LogP contribution in [0.2, 0.25) is 0 Å². The van der Waals surface area contributed by atoms with Crippen LogP contribution < -0.4 is 0 Å². The third-order valence-corrected chi connectivity index (χ3v) is 3.94. The Morgan fingerprint density at radius 1 is 0.579 bits per heavy atom. The smallest absolute Gasteiger partial charge is 0.0786 e. The predicted molar refractivity (Wildman–Crippen MR) is 94.1 cm³/mol. The molecule has 19 heavy (non-hydrogen) atoms. The van der Waals surface area contributed by atoms with E-state index in [-0.39, 0.29) is 0 Å². The maximum atomic E-state index is 4.45. The summed E-state index contributed by atoms with van der Waals surface area (Å²) >= 11 is 2.41. The molecule has 0 aromatic heterocycles. The summed E-state index contributed by atoms with van der Waals surface area (Å²) in [5.41, 5.74) is 0. The summed E-state index contributed by atoms with van der Waals surface area (Å²) in [6.45, 7) is 15.0. The highest BCUT2D eigenvalue weighted by atomic mass is 79.9. The van der Waals surface area contributed by atoms with Crippen molar-refractivity contribution in [1.82, 2.24) is 0 Å². The summed E-state index contributed by atoms with van der Waals surface area (Å²) in [7, 11) is 4.45. The Labute approximate surface area is 135 Å². The van der Waals surface area contributed by atoms with Crippen LogP contribution in [0.15, 0.2) is 0 Å². The molecule has 0 bridgehead atoms. The lowest BCUT2D eigenvalue weighted by Gasteiger charge is -2.39. The highest BCUT2D eigenvalue weighted by Crippen LogP contribution is 2.16. The fourth-order valence-electron chi connectivity index (χ4n) is 2.64. The summed E-state index contributed by atoms with van der Waals surface area (Å²) in [6, 6.07) is 0. The van der Waals surface area contributed by atoms with Crippen LogP contribution in [0.1, 0.15) is 79.1 Å². The Bertz CT molecular complexity index is 127. The van der Waals surface area contributed by atoms with Crippen molar-refractivity contribution >= 4 is 25.1 Å². The molecule has 0 aliphatic carbocycles. The molecular weight excluding hydrogens is 322 g/mol. The van der Waals surface area contributed by atoms with Gasteiger partial charge in [-0.3, -0.25) is 0 Å². The molecule has 0 fully saturated rings. The second kappa shape index (κ2) is 16.8. The van der Waals surface area contributed by atoms with E-state index < -0.39 is 0 Å². The summed E-state index contributed by atoms with van der Waals surface area (Å²) < 4.78 is 1.42. The number of hydrogen-bond acceptors (Lipinski definition) is 0. The van der Waals surface area contributed by atoms with E-state index in [1.54, 1.807) is 0 Å². The second-order valence-electron chi connectivity index (χ2n) is 5.65. The van der Waals surface area contributed by atoms with Crippen LogP contribution in [0, 0.1) is 0 Å². The third-order valence-electron chi connectivity index (χ3n) is 3.94. The Morgan fingerprint density at radius 3 is 0.947 bits per heavy atom. The Kier molecular flexibility index (Phi) is 19.4. The van der Waals surface area contributed by atoms with Crippen LogP contribution in [-0.2, 0) is 0 Å². The zero-order valence-electron chi connectivity index (χ0n) is 13.7. The van der Waals surface area contributed by atoms with Crippen LogP contribution in [0.25, 0.3) is 0 Å². The molecule has 1 nitrogen and oxygen atoms in total. The van der Waals surface area contributed by atoms with Gasteiger partial charge in [-0.05, 0) is 35.8 Å². The van der Waals surface area contributed by atoms with Crippen LogP contribution in [0.4, 0.5) is 0 Å². The fourth-order valence-corrected chi connectivity index (χ4v) is 2.64. The van der Waals surface area contributed by atoms with E-state index in [4.69, 9.17) is 0 Å². The first-order valence-corrected chi connectivity index (χ1v) is 10.3. The van der Waals surface area contributed by atoms with Crippen molar-refractivity contribution in [2.24, 2.45) is 0 Å². The number of halogens is 2. The number of nitrogens with zero attached hydrogens (tertiary/aromatic N) is 1. The molecule has 3 heteroatoms. The zero-order valence-corrected chi connectivity index (χ0v) is 16.0. The average Bonchev–Trinajstić information content (AvgIpc) is 2.48. The maximum Gasteiger partial charge on any atom is 0.0786 e. The van der Waals surface area contributed by atoms with Crippen LogP contribution in [-0.4, -0.2) is 30.7 Å². The van der Waals surface area contributed by atoms with Crippen molar-refractivity contribution in [1.29, 1.82) is 0 Å². The molecule has 0 saturated heterocycles. The quantitative estimate of drug-likeness (QED) is 0.348. The predicted octanol–water partition coefficient (Wildman–Crippen LogP) is 6.54. The summed E-state index contributed by atoms with van der Waals surface area (Å²) in [4.78, 5) is 0. The van der Waals surface area contributed by atoms with Gasteiger partial charge in [0.05, 0.1) is 26.2 Å². The topological polar surface area (TPSA) is 0 Å². The van der Waals surface area contributed by atoms with Gasteiger partial charge < -0.3 is 4.48 Å². The van der Waals surface area contributed by atoms with E-state index in [1.807, 2.05) is 0 Å². The van der Waals surface area contributed by atoms with E-state index in [2.05, 4.69) is 52.8 Å². The summed E-state index contributed by atoms with van der Waals surface area (Å²) in [5.74, 6) is 0. The highest BCUT2D eigenvalue weighted by molar-refractivity contribution is 9.22. The SMILES string of the molecule is CCCC[N+](CCCC)(CCCC)CCCC.ClBr. The fraction of sp³-hybridized carbons (Fsp3) is 1.00. The van der Waals surface area contributed by atoms with Gasteiger partial charge in [0.25, 0.3) is 0 Å². The van der Waals surface area contributed by atoms with Crippen molar-refractivity contribution in [3.05, 3.63) is 0 Å². The molecule has 118 valence electrons. The summed E-state index contributed by atoms with van der Waals surface area (Å²) in [5, 5.41) is 0. The molecule has 0 radical (unpaired) electrons. The first kappa shape index (κ1) is 22.0. The number of hydrogen-bond donors (Lipinski definition) is 0. The van der Waals surface area contributed by atoms with E-state index >= 15 is 0 Å². The van der Waals surface area contributed by atoms with Crippen molar-refractivity contribution in [2.45, 2.75) is 79.1 Å². The van der Waals surface area contributed by atoms with Crippen LogP contribution in [0.3, 0.4) is 0 Å². The molecule has 0 rings (SSSR count). The Morgan fingerprint density at radius 2 is 0.789 bits per heavy atom. The third kappa shape index (κ3) is 12.2. The molecule has 0 aromatic rings. The van der Waals surface area contributed by atoms with Crippen molar-refractivity contribution < 1.29 is 4.48 Å². The first-order chi connectivity index (χ1) is 9.24. The van der Waals surface area contributed by atoms with Crippen molar-refractivity contribution in [3.8, 4) is 0 Å². The second-order valence-corrected chi connectivity index (χ2v) is 5.65. The molecule has 0 aliphatic heterocycles. The largest absolute Gasteiger partial charge is 0.324 e. The zero-order chi connectivity index (χ0) is 15.0. The van der Waals surface area contributed by atoms with E-state index in [1.165, 1.54) is 82.0 Å². The molecule has 0 heterocycles. The van der Waals surface area contributed by atoms with Crippen LogP contribution in [0.5, 0.6) is 0 Å². The molecule has 0 saturated carbocycles. The number of unbranched alkanes of at least 4 members (excludes halogenated alkanes) is 4. The Balaban J connectivity index is 0. The highest BCUT2D eigenvalue weighted by Gasteiger charge is 2.24. The molecule has 0 amide bonds. The van der Waals surface area contributed by atoms with Gasteiger partial charge in [-0.2, -0.15) is 0 Å². The molecule has 0 aromatic carbocycles. The van der Waals surface area contributed by atoms with Crippen molar-refractivity contribution in [2.75, 3.05) is 26.2 Å². The van der Waals surface area contributed by atoms with Gasteiger partial charge >= 0.3 is 0 Å². The van der Waals surface area contributed by atoms with E-state index in [0.29, 0.717) is 0 Å². The number of quaternary nitrogens is 1. The minimum absolute atomic E-state index is 1.35. The van der Waals surface area contributed by atoms with Gasteiger partial charge in [-0.1, -0.05) is 53.4 Å². The maximum absolute atomic E-state index is 4.45. The Hall–Kier alpha value is 0.730. The molecule has 0 N–H and O–H groups in total. The molecular formula is C16H36BrClN+. The van der Waals surface area contributed by atoms with Crippen LogP contribution >= 0.6 is 25.1 Å². The lowest BCUT2D eigenvalue weighted by molar-refractivity contribution is -0.929. The molecule has 0 spiro atoms. The lowest BCUT2D eigenvalue weighted by atomic mass is 10.1. The average molecular weight is 358 g/mol. The lowest BCUT2D eigenvalue weighted by Crippen LogP contribution is -2.50. The minimum atomic E-state index is 1.35. The van der Waals surface area contributed by atoms with Gasteiger partial charge in [0.1, 0.15) is 0 Å². The van der Waals surface area contributed by atoms with Gasteiger partial charge in [0.2, 0.25) is 0 Å². The normalized spacial score (nSPS) is 11.1. The number of rotatable bonds is 12. The van der Waals surface area contributed by atoms with E-state index in [0.717, 1.165) is 0 Å². The van der Waals surface area contributed by atoms with Gasteiger partial charge in [-0.15, -0.1) is 0 Å². The van der Waals surface area contributed by atoms with Crippen molar-refractivity contribution in [3.63, 3.8) is 0 Å². The standard InChI is InChI=1S/C16H36N.BrCl/c1-5-9-13-17(14-10-6-2,15-11-7-3)16-12-8-4;1-2/h5-16H2,1-4H3;/q+1;. The monoisotopic (exact) mass is 356 g/mol. The van der Waals surface area contributed by atoms with Gasteiger partial charge in [0, 0.05) is 15.0 Å².